The highest BCUT2D eigenvalue weighted by Crippen LogP contribution is 2.30. The van der Waals surface area contributed by atoms with Gasteiger partial charge in [0.1, 0.15) is 26.2 Å². The number of nitrogens with one attached hydrogen (secondary N) is 2. The van der Waals surface area contributed by atoms with Gasteiger partial charge in [0.15, 0.2) is 0 Å². The Labute approximate surface area is 196 Å². The van der Waals surface area contributed by atoms with Crippen LogP contribution < -0.4 is 15.8 Å². The maximum absolute atomic E-state index is 13.2. The lowest BCUT2D eigenvalue weighted by Crippen LogP contribution is -2.13. The molecule has 172 valence electrons. The van der Waals surface area contributed by atoms with Gasteiger partial charge in [-0.2, -0.15) is 0 Å². The average Bonchev–Trinajstić information content (AvgIpc) is 2.86. The molecular weight excluding hydrogens is 455 g/mol. The first-order valence-electron chi connectivity index (χ1n) is 10.1. The van der Waals surface area contributed by atoms with Gasteiger partial charge >= 0.3 is 0 Å². The highest BCUT2D eigenvalue weighted by atomic mass is 32.2. The number of nitrogen functional groups attached to an aromatic ring is 1. The second-order valence-electron chi connectivity index (χ2n) is 7.37. The van der Waals surface area contributed by atoms with Crippen LogP contribution in [0.3, 0.4) is 0 Å². The van der Waals surface area contributed by atoms with Crippen LogP contribution in [-0.2, 0) is 9.73 Å². The lowest BCUT2D eigenvalue weighted by molar-refractivity contribution is 0.102. The topological polar surface area (TPSA) is 118 Å². The summed E-state index contributed by atoms with van der Waals surface area (Å²) >= 11 is 0. The highest BCUT2D eigenvalue weighted by molar-refractivity contribution is 7.92. The Bertz CT molecular complexity index is 1450. The third-order valence-corrected chi connectivity index (χ3v) is 7.07. The first kappa shape index (κ1) is 22.9. The van der Waals surface area contributed by atoms with Crippen LogP contribution in [0.1, 0.15) is 10.4 Å². The van der Waals surface area contributed by atoms with E-state index in [0.717, 1.165) is 11.1 Å². The number of nitrogens with zero attached hydrogens (tertiary/aromatic N) is 1. The van der Waals surface area contributed by atoms with Gasteiger partial charge in [-0.15, -0.1) is 0 Å². The summed E-state index contributed by atoms with van der Waals surface area (Å²) in [6, 6.07) is 18.6. The Hall–Kier alpha value is -4.24. The number of benzene rings is 3. The maximum atomic E-state index is 13.2. The van der Waals surface area contributed by atoms with E-state index in [1.54, 1.807) is 30.3 Å². The zero-order chi connectivity index (χ0) is 24.3. The number of methoxy groups -OCH3 is 1. The summed E-state index contributed by atoms with van der Waals surface area (Å²) in [5.74, 6) is -0.465. The number of aromatic nitrogens is 1. The van der Waals surface area contributed by atoms with Crippen molar-refractivity contribution in [1.29, 1.82) is 4.78 Å². The van der Waals surface area contributed by atoms with Gasteiger partial charge in [-0.25, -0.2) is 13.4 Å². The van der Waals surface area contributed by atoms with E-state index in [1.807, 2.05) is 0 Å². The second kappa shape index (κ2) is 9.32. The predicted molar refractivity (Wildman–Crippen MR) is 129 cm³/mol. The molecule has 0 spiro atoms. The summed E-state index contributed by atoms with van der Waals surface area (Å²) in [6.07, 6.45) is 2.83. The van der Waals surface area contributed by atoms with Crippen LogP contribution in [0, 0.1) is 10.6 Å². The SMILES string of the molecule is COc1ccncc1S(=N)(=O)c1ccc(C(=O)Nc2cc(-c3ccc(F)cc3)ccc2N)cc1. The zero-order valence-corrected chi connectivity index (χ0v) is 18.9. The fourth-order valence-corrected chi connectivity index (χ4v) is 4.77. The summed E-state index contributed by atoms with van der Waals surface area (Å²) in [5.41, 5.74) is 8.64. The number of hydrogen-bond acceptors (Lipinski definition) is 6. The minimum Gasteiger partial charge on any atom is -0.495 e. The molecule has 1 aromatic heterocycles. The van der Waals surface area contributed by atoms with Gasteiger partial charge in [0, 0.05) is 18.0 Å². The van der Waals surface area contributed by atoms with Crippen molar-refractivity contribution in [3.8, 4) is 16.9 Å². The van der Waals surface area contributed by atoms with Crippen LogP contribution in [0.25, 0.3) is 11.1 Å². The molecule has 4 N–H and O–H groups in total. The smallest absolute Gasteiger partial charge is 0.255 e. The molecule has 1 heterocycles. The van der Waals surface area contributed by atoms with Gasteiger partial charge in [-0.3, -0.25) is 9.78 Å². The monoisotopic (exact) mass is 476 g/mol. The molecule has 1 atom stereocenters. The molecule has 4 rings (SSSR count). The van der Waals surface area contributed by atoms with Crippen molar-refractivity contribution >= 4 is 27.0 Å². The molecule has 7 nitrogen and oxygen atoms in total. The number of nitrogens with two attached hydrogens (primary N) is 1. The Morgan fingerprint density at radius 2 is 1.71 bits per heavy atom. The molecule has 0 saturated carbocycles. The number of halogens is 1. The van der Waals surface area contributed by atoms with E-state index in [9.17, 15) is 13.4 Å². The van der Waals surface area contributed by atoms with Crippen LogP contribution in [0.5, 0.6) is 5.75 Å². The number of amides is 1. The summed E-state index contributed by atoms with van der Waals surface area (Å²) in [5, 5.41) is 2.77. The van der Waals surface area contributed by atoms with Crippen LogP contribution in [0.4, 0.5) is 15.8 Å². The largest absolute Gasteiger partial charge is 0.495 e. The van der Waals surface area contributed by atoms with Crippen molar-refractivity contribution in [2.45, 2.75) is 9.79 Å². The predicted octanol–water partition coefficient (Wildman–Crippen LogP) is 5.20. The molecule has 3 aromatic carbocycles. The zero-order valence-electron chi connectivity index (χ0n) is 18.1. The van der Waals surface area contributed by atoms with Crippen molar-refractivity contribution in [1.82, 2.24) is 4.98 Å². The fourth-order valence-electron chi connectivity index (χ4n) is 3.36. The quantitative estimate of drug-likeness (QED) is 0.331. The minimum atomic E-state index is -3.40. The van der Waals surface area contributed by atoms with Crippen LogP contribution >= 0.6 is 0 Å². The van der Waals surface area contributed by atoms with E-state index < -0.39 is 15.6 Å². The Balaban J connectivity index is 1.57. The van der Waals surface area contributed by atoms with Crippen molar-refractivity contribution in [3.05, 3.63) is 96.6 Å². The normalized spacial score (nSPS) is 12.5. The van der Waals surface area contributed by atoms with E-state index in [4.69, 9.17) is 15.3 Å². The van der Waals surface area contributed by atoms with Gasteiger partial charge in [0.25, 0.3) is 5.91 Å². The van der Waals surface area contributed by atoms with Crippen LogP contribution in [0.15, 0.2) is 95.0 Å². The molecule has 34 heavy (non-hydrogen) atoms. The van der Waals surface area contributed by atoms with Crippen molar-refractivity contribution in [2.24, 2.45) is 0 Å². The van der Waals surface area contributed by atoms with Crippen LogP contribution in [-0.4, -0.2) is 22.2 Å². The van der Waals surface area contributed by atoms with E-state index in [0.29, 0.717) is 22.7 Å². The molecule has 0 aliphatic carbocycles. The van der Waals surface area contributed by atoms with Gasteiger partial charge in [-0.05, 0) is 65.7 Å². The summed E-state index contributed by atoms with van der Waals surface area (Å²) in [4.78, 5) is 17.1. The van der Waals surface area contributed by atoms with E-state index in [2.05, 4.69) is 10.3 Å². The van der Waals surface area contributed by atoms with Gasteiger partial charge in [-0.1, -0.05) is 18.2 Å². The lowest BCUT2D eigenvalue weighted by atomic mass is 10.0. The number of carbonyl (C=O) groups excluding carboxylic acids is 1. The Morgan fingerprint density at radius 1 is 1.03 bits per heavy atom. The second-order valence-corrected chi connectivity index (χ2v) is 9.39. The van der Waals surface area contributed by atoms with Gasteiger partial charge < -0.3 is 15.8 Å². The molecule has 9 heteroatoms. The molecular formula is C25H21FN4O3S. The summed E-state index contributed by atoms with van der Waals surface area (Å²) < 4.78 is 40.0. The molecule has 4 aromatic rings. The molecule has 0 aliphatic rings. The molecule has 1 amide bonds. The highest BCUT2D eigenvalue weighted by Gasteiger charge is 2.19. The first-order chi connectivity index (χ1) is 16.3. The summed E-state index contributed by atoms with van der Waals surface area (Å²) in [7, 11) is -1.97. The third kappa shape index (κ3) is 4.60. The number of ether oxygens (including phenoxy) is 1. The Kier molecular flexibility index (Phi) is 6.29. The van der Waals surface area contributed by atoms with Gasteiger partial charge in [0.05, 0.1) is 23.4 Å². The van der Waals surface area contributed by atoms with E-state index >= 15 is 0 Å². The van der Waals surface area contributed by atoms with Crippen LogP contribution in [0.2, 0.25) is 0 Å². The summed E-state index contributed by atoms with van der Waals surface area (Å²) in [6.45, 7) is 0. The molecule has 0 saturated heterocycles. The lowest BCUT2D eigenvalue weighted by Gasteiger charge is -2.13. The van der Waals surface area contributed by atoms with Crippen molar-refractivity contribution in [3.63, 3.8) is 0 Å². The molecule has 0 fully saturated rings. The number of carbonyl (C=O) groups is 1. The minimum absolute atomic E-state index is 0.153. The molecule has 0 bridgehead atoms. The maximum Gasteiger partial charge on any atom is 0.255 e. The van der Waals surface area contributed by atoms with Crippen molar-refractivity contribution < 1.29 is 18.1 Å². The average molecular weight is 477 g/mol. The standard InChI is InChI=1S/C25H21FN4O3S/c1-33-23-12-13-29-15-24(23)34(28,32)20-9-4-17(5-10-20)25(31)30-22-14-18(6-11-21(22)27)16-2-7-19(26)8-3-16/h2-15,28H,27H2,1H3,(H,30,31). The van der Waals surface area contributed by atoms with E-state index in [1.165, 1.54) is 62.0 Å². The number of anilines is 2. The molecule has 1 unspecified atom stereocenters. The number of rotatable bonds is 6. The first-order valence-corrected chi connectivity index (χ1v) is 11.7. The van der Waals surface area contributed by atoms with Gasteiger partial charge in [0.2, 0.25) is 0 Å². The molecule has 0 radical (unpaired) electrons. The fraction of sp³-hybridized carbons (Fsp3) is 0.0400. The number of pyridine rings is 1. The number of hydrogen-bond donors (Lipinski definition) is 3. The van der Waals surface area contributed by atoms with E-state index in [-0.39, 0.29) is 15.6 Å². The molecule has 0 aliphatic heterocycles. The Morgan fingerprint density at radius 3 is 2.38 bits per heavy atom. The third-order valence-electron chi connectivity index (χ3n) is 5.20. The van der Waals surface area contributed by atoms with Crippen molar-refractivity contribution in [2.75, 3.05) is 18.2 Å².